The molecule has 0 bridgehead atoms. The second-order valence-electron chi connectivity index (χ2n) is 6.45. The molecule has 5 aromatic rings. The van der Waals surface area contributed by atoms with Gasteiger partial charge in [0, 0.05) is 0 Å². The summed E-state index contributed by atoms with van der Waals surface area (Å²) in [5.74, 6) is 2.66. The zero-order chi connectivity index (χ0) is 19.1. The Labute approximate surface area is 160 Å². The predicted molar refractivity (Wildman–Crippen MR) is 107 cm³/mol. The molecule has 0 aliphatic rings. The van der Waals surface area contributed by atoms with Crippen LogP contribution < -0.4 is 10.3 Å². The summed E-state index contributed by atoms with van der Waals surface area (Å²) >= 11 is 0. The third-order valence-corrected chi connectivity index (χ3v) is 4.66. The van der Waals surface area contributed by atoms with Crippen molar-refractivity contribution in [2.24, 2.45) is 0 Å². The van der Waals surface area contributed by atoms with Crippen molar-refractivity contribution in [2.45, 2.75) is 6.92 Å². The quantitative estimate of drug-likeness (QED) is 0.480. The molecule has 28 heavy (non-hydrogen) atoms. The first kappa shape index (κ1) is 16.3. The van der Waals surface area contributed by atoms with Gasteiger partial charge in [-0.1, -0.05) is 30.3 Å². The van der Waals surface area contributed by atoms with Crippen LogP contribution in [0.15, 0.2) is 83.7 Å². The number of hydrogen-bond acceptors (Lipinski definition) is 4. The van der Waals surface area contributed by atoms with Crippen LogP contribution in [0.2, 0.25) is 0 Å². The van der Waals surface area contributed by atoms with E-state index in [9.17, 15) is 4.79 Å². The van der Waals surface area contributed by atoms with E-state index in [0.717, 1.165) is 17.1 Å². The van der Waals surface area contributed by atoms with Gasteiger partial charge in [-0.25, -0.2) is 4.57 Å². The molecule has 5 rings (SSSR count). The number of fused-ring (bicyclic) bond motifs is 3. The maximum Gasteiger partial charge on any atom is 0.267 e. The first-order chi connectivity index (χ1) is 13.7. The molecule has 0 unspecified atom stereocenters. The van der Waals surface area contributed by atoms with E-state index in [4.69, 9.17) is 4.74 Å². The van der Waals surface area contributed by atoms with E-state index in [1.165, 1.54) is 0 Å². The molecule has 3 aromatic carbocycles. The molecule has 0 saturated heterocycles. The summed E-state index contributed by atoms with van der Waals surface area (Å²) in [6.07, 6.45) is 0. The molecule has 6 nitrogen and oxygen atoms in total. The summed E-state index contributed by atoms with van der Waals surface area (Å²) < 4.78 is 9.31. The first-order valence-corrected chi connectivity index (χ1v) is 8.91. The number of aromatic nitrogens is 4. The zero-order valence-corrected chi connectivity index (χ0v) is 15.1. The SMILES string of the molecule is Cc1nnc2n(-c3ccc(Oc4ccccc4)cc3)c(=O)c3ccccc3n12. The van der Waals surface area contributed by atoms with Gasteiger partial charge in [-0.15, -0.1) is 10.2 Å². The lowest BCUT2D eigenvalue weighted by molar-refractivity contribution is 0.482. The van der Waals surface area contributed by atoms with Crippen molar-refractivity contribution in [3.8, 4) is 17.2 Å². The fourth-order valence-electron chi connectivity index (χ4n) is 3.36. The van der Waals surface area contributed by atoms with Gasteiger partial charge < -0.3 is 4.74 Å². The largest absolute Gasteiger partial charge is 0.457 e. The Morgan fingerprint density at radius 2 is 1.46 bits per heavy atom. The highest BCUT2D eigenvalue weighted by Gasteiger charge is 2.15. The van der Waals surface area contributed by atoms with Gasteiger partial charge in [-0.3, -0.25) is 9.20 Å². The molecular formula is C22H16N4O2. The highest BCUT2D eigenvalue weighted by Crippen LogP contribution is 2.23. The van der Waals surface area contributed by atoms with Gasteiger partial charge in [0.2, 0.25) is 5.78 Å². The smallest absolute Gasteiger partial charge is 0.267 e. The minimum absolute atomic E-state index is 0.132. The zero-order valence-electron chi connectivity index (χ0n) is 15.1. The summed E-state index contributed by atoms with van der Waals surface area (Å²) in [5, 5.41) is 9.03. The number of nitrogens with zero attached hydrogens (tertiary/aromatic N) is 4. The molecule has 136 valence electrons. The van der Waals surface area contributed by atoms with Crippen molar-refractivity contribution in [1.82, 2.24) is 19.2 Å². The second kappa shape index (κ2) is 6.35. The van der Waals surface area contributed by atoms with Gasteiger partial charge in [0.25, 0.3) is 5.56 Å². The van der Waals surface area contributed by atoms with E-state index < -0.39 is 0 Å². The molecule has 0 aliphatic heterocycles. The van der Waals surface area contributed by atoms with Gasteiger partial charge in [-0.2, -0.15) is 0 Å². The molecular weight excluding hydrogens is 352 g/mol. The highest BCUT2D eigenvalue weighted by molar-refractivity contribution is 5.81. The fraction of sp³-hybridized carbons (Fsp3) is 0.0455. The lowest BCUT2D eigenvalue weighted by atomic mass is 10.2. The topological polar surface area (TPSA) is 61.4 Å². The molecule has 0 aliphatic carbocycles. The number of hydrogen-bond donors (Lipinski definition) is 0. The van der Waals surface area contributed by atoms with Crippen molar-refractivity contribution in [3.63, 3.8) is 0 Å². The Hall–Kier alpha value is -3.93. The maximum atomic E-state index is 13.2. The summed E-state index contributed by atoms with van der Waals surface area (Å²) in [4.78, 5) is 13.2. The first-order valence-electron chi connectivity index (χ1n) is 8.91. The summed E-state index contributed by atoms with van der Waals surface area (Å²) in [7, 11) is 0. The normalized spacial score (nSPS) is 11.2. The molecule has 0 atom stereocenters. The summed E-state index contributed by atoms with van der Waals surface area (Å²) in [5.41, 5.74) is 1.37. The van der Waals surface area contributed by atoms with Crippen LogP contribution in [-0.2, 0) is 0 Å². The number of benzene rings is 3. The van der Waals surface area contributed by atoms with E-state index in [2.05, 4.69) is 10.2 Å². The fourth-order valence-corrected chi connectivity index (χ4v) is 3.36. The molecule has 6 heteroatoms. The summed E-state index contributed by atoms with van der Waals surface area (Å²) in [6, 6.07) is 24.4. The molecule has 0 radical (unpaired) electrons. The lowest BCUT2D eigenvalue weighted by Gasteiger charge is -2.12. The molecule has 0 saturated carbocycles. The average molecular weight is 368 g/mol. The van der Waals surface area contributed by atoms with Crippen LogP contribution in [0.25, 0.3) is 22.4 Å². The van der Waals surface area contributed by atoms with Gasteiger partial charge in [-0.05, 0) is 55.5 Å². The average Bonchev–Trinajstić information content (AvgIpc) is 3.12. The highest BCUT2D eigenvalue weighted by atomic mass is 16.5. The van der Waals surface area contributed by atoms with Crippen LogP contribution in [-0.4, -0.2) is 19.2 Å². The number of rotatable bonds is 3. The van der Waals surface area contributed by atoms with Crippen LogP contribution in [0, 0.1) is 6.92 Å². The van der Waals surface area contributed by atoms with E-state index in [0.29, 0.717) is 22.6 Å². The monoisotopic (exact) mass is 368 g/mol. The lowest BCUT2D eigenvalue weighted by Crippen LogP contribution is -2.21. The third-order valence-electron chi connectivity index (χ3n) is 4.66. The van der Waals surface area contributed by atoms with E-state index in [1.54, 1.807) is 4.57 Å². The number of aryl methyl sites for hydroxylation is 1. The standard InChI is InChI=1S/C22H16N4O2/c1-15-23-24-22-25(15)20-10-6-5-9-19(20)21(27)26(22)16-11-13-18(14-12-16)28-17-7-3-2-4-8-17/h2-14H,1H3. The van der Waals surface area contributed by atoms with Crippen LogP contribution in [0.1, 0.15) is 5.82 Å². The molecule has 0 fully saturated rings. The molecule has 0 N–H and O–H groups in total. The maximum absolute atomic E-state index is 13.2. The van der Waals surface area contributed by atoms with E-state index in [-0.39, 0.29) is 5.56 Å². The minimum atomic E-state index is -0.132. The van der Waals surface area contributed by atoms with Crippen LogP contribution in [0.3, 0.4) is 0 Å². The predicted octanol–water partition coefficient (Wildman–Crippen LogP) is 4.13. The van der Waals surface area contributed by atoms with Crippen molar-refractivity contribution in [1.29, 1.82) is 0 Å². The Morgan fingerprint density at radius 3 is 2.25 bits per heavy atom. The van der Waals surface area contributed by atoms with Gasteiger partial charge >= 0.3 is 0 Å². The molecule has 2 aromatic heterocycles. The van der Waals surface area contributed by atoms with Gasteiger partial charge in [0.05, 0.1) is 16.6 Å². The van der Waals surface area contributed by atoms with Gasteiger partial charge in [0.15, 0.2) is 0 Å². The van der Waals surface area contributed by atoms with Crippen molar-refractivity contribution < 1.29 is 4.74 Å². The van der Waals surface area contributed by atoms with Crippen molar-refractivity contribution in [2.75, 3.05) is 0 Å². The molecule has 0 amide bonds. The second-order valence-corrected chi connectivity index (χ2v) is 6.45. The van der Waals surface area contributed by atoms with E-state index in [1.807, 2.05) is 90.2 Å². The van der Waals surface area contributed by atoms with Crippen molar-refractivity contribution in [3.05, 3.63) is 95.0 Å². The van der Waals surface area contributed by atoms with Crippen LogP contribution >= 0.6 is 0 Å². The van der Waals surface area contributed by atoms with Crippen molar-refractivity contribution >= 4 is 16.7 Å². The van der Waals surface area contributed by atoms with Crippen LogP contribution in [0.4, 0.5) is 0 Å². The number of para-hydroxylation sites is 2. The van der Waals surface area contributed by atoms with Crippen LogP contribution in [0.5, 0.6) is 11.5 Å². The Kier molecular flexibility index (Phi) is 3.69. The number of ether oxygens (including phenoxy) is 1. The Bertz CT molecular complexity index is 1350. The van der Waals surface area contributed by atoms with Gasteiger partial charge in [0.1, 0.15) is 17.3 Å². The third kappa shape index (κ3) is 2.54. The molecule has 0 spiro atoms. The Morgan fingerprint density at radius 1 is 0.786 bits per heavy atom. The van der Waals surface area contributed by atoms with E-state index >= 15 is 0 Å². The molecule has 2 heterocycles. The summed E-state index contributed by atoms with van der Waals surface area (Å²) in [6.45, 7) is 1.87. The Balaban J connectivity index is 1.66. The minimum Gasteiger partial charge on any atom is -0.457 e.